The molecule has 2 N–H and O–H groups in total. The van der Waals surface area contributed by atoms with E-state index < -0.39 is 5.60 Å². The van der Waals surface area contributed by atoms with Crippen molar-refractivity contribution in [1.82, 2.24) is 9.88 Å². The maximum atomic E-state index is 12.1. The second-order valence-corrected chi connectivity index (χ2v) is 5.86. The Morgan fingerprint density at radius 1 is 1.53 bits per heavy atom. The highest BCUT2D eigenvalue weighted by Gasteiger charge is 2.23. The molecule has 0 saturated heterocycles. The van der Waals surface area contributed by atoms with Crippen molar-refractivity contribution in [2.45, 2.75) is 52.7 Å². The molecule has 1 unspecified atom stereocenters. The minimum absolute atomic E-state index is 0.123. The molecule has 1 aromatic heterocycles. The number of carbonyl (C=O) groups excluding carboxylic acids is 1. The Kier molecular flexibility index (Phi) is 5.60. The van der Waals surface area contributed by atoms with Gasteiger partial charge in [0, 0.05) is 19.3 Å². The van der Waals surface area contributed by atoms with Gasteiger partial charge in [-0.2, -0.15) is 0 Å². The quantitative estimate of drug-likeness (QED) is 0.796. The van der Waals surface area contributed by atoms with Gasteiger partial charge in [-0.15, -0.1) is 0 Å². The number of aliphatic hydroxyl groups is 1. The topological polar surface area (TPSA) is 54.3 Å². The summed E-state index contributed by atoms with van der Waals surface area (Å²) in [6.07, 6.45) is 3.56. The highest BCUT2D eigenvalue weighted by atomic mass is 16.3. The SMILES string of the molecule is CCCn1cccc1C(=O)NCC(C)(O)CC(C)C. The van der Waals surface area contributed by atoms with Gasteiger partial charge < -0.3 is 15.0 Å². The van der Waals surface area contributed by atoms with Gasteiger partial charge in [-0.05, 0) is 37.8 Å². The predicted molar refractivity (Wildman–Crippen MR) is 77.1 cm³/mol. The summed E-state index contributed by atoms with van der Waals surface area (Å²) in [6, 6.07) is 3.68. The van der Waals surface area contributed by atoms with Crippen molar-refractivity contribution < 1.29 is 9.90 Å². The average Bonchev–Trinajstić information content (AvgIpc) is 2.73. The van der Waals surface area contributed by atoms with Crippen molar-refractivity contribution in [3.63, 3.8) is 0 Å². The molecule has 0 fully saturated rings. The lowest BCUT2D eigenvalue weighted by molar-refractivity contribution is 0.0367. The Hall–Kier alpha value is -1.29. The standard InChI is InChI=1S/C15H26N2O2/c1-5-8-17-9-6-7-13(17)14(18)16-11-15(4,19)10-12(2)3/h6-7,9,12,19H,5,8,10-11H2,1-4H3,(H,16,18). The summed E-state index contributed by atoms with van der Waals surface area (Å²) >= 11 is 0. The maximum absolute atomic E-state index is 12.1. The minimum Gasteiger partial charge on any atom is -0.388 e. The Labute approximate surface area is 115 Å². The van der Waals surface area contributed by atoms with E-state index in [4.69, 9.17) is 0 Å². The number of rotatable bonds is 7. The minimum atomic E-state index is -0.855. The van der Waals surface area contributed by atoms with Crippen LogP contribution in [0.15, 0.2) is 18.3 Å². The third-order valence-corrected chi connectivity index (χ3v) is 3.00. The first kappa shape index (κ1) is 15.8. The van der Waals surface area contributed by atoms with E-state index in [1.165, 1.54) is 0 Å². The van der Waals surface area contributed by atoms with Crippen LogP contribution in [0.3, 0.4) is 0 Å². The van der Waals surface area contributed by atoms with E-state index in [1.54, 1.807) is 6.92 Å². The third-order valence-electron chi connectivity index (χ3n) is 3.00. The van der Waals surface area contributed by atoms with Crippen molar-refractivity contribution in [2.24, 2.45) is 5.92 Å². The van der Waals surface area contributed by atoms with Crippen LogP contribution in [0, 0.1) is 5.92 Å². The van der Waals surface area contributed by atoms with Crippen LogP contribution in [-0.4, -0.2) is 27.7 Å². The zero-order valence-corrected chi connectivity index (χ0v) is 12.4. The van der Waals surface area contributed by atoms with E-state index in [1.807, 2.05) is 22.9 Å². The first-order valence-electron chi connectivity index (χ1n) is 7.01. The summed E-state index contributed by atoms with van der Waals surface area (Å²) < 4.78 is 1.94. The van der Waals surface area contributed by atoms with Crippen LogP contribution in [0.4, 0.5) is 0 Å². The van der Waals surface area contributed by atoms with E-state index in [0.29, 0.717) is 18.0 Å². The second-order valence-electron chi connectivity index (χ2n) is 5.86. The Morgan fingerprint density at radius 2 is 2.21 bits per heavy atom. The number of carbonyl (C=O) groups is 1. The van der Waals surface area contributed by atoms with Crippen LogP contribution in [0.5, 0.6) is 0 Å². The van der Waals surface area contributed by atoms with Crippen molar-refractivity contribution in [2.75, 3.05) is 6.54 Å². The van der Waals surface area contributed by atoms with Gasteiger partial charge >= 0.3 is 0 Å². The molecule has 1 rings (SSSR count). The molecule has 108 valence electrons. The molecule has 4 nitrogen and oxygen atoms in total. The molecule has 0 bridgehead atoms. The summed E-state index contributed by atoms with van der Waals surface area (Å²) in [5, 5.41) is 13.0. The summed E-state index contributed by atoms with van der Waals surface area (Å²) in [5.74, 6) is 0.276. The predicted octanol–water partition coefficient (Wildman–Crippen LogP) is 2.43. The second kappa shape index (κ2) is 6.75. The van der Waals surface area contributed by atoms with Gasteiger partial charge in [0.25, 0.3) is 5.91 Å². The Morgan fingerprint density at radius 3 is 2.79 bits per heavy atom. The number of hydrogen-bond acceptors (Lipinski definition) is 2. The molecule has 1 heterocycles. The van der Waals surface area contributed by atoms with Gasteiger partial charge in [-0.1, -0.05) is 20.8 Å². The van der Waals surface area contributed by atoms with Crippen LogP contribution in [0.2, 0.25) is 0 Å². The smallest absolute Gasteiger partial charge is 0.268 e. The Bertz CT molecular complexity index is 408. The number of aromatic nitrogens is 1. The molecular formula is C15H26N2O2. The van der Waals surface area contributed by atoms with Crippen molar-refractivity contribution >= 4 is 5.91 Å². The number of nitrogens with zero attached hydrogens (tertiary/aromatic N) is 1. The Balaban J connectivity index is 2.57. The molecule has 0 aliphatic rings. The molecule has 1 atom stereocenters. The molecule has 0 saturated carbocycles. The van der Waals surface area contributed by atoms with E-state index in [2.05, 4.69) is 26.1 Å². The highest BCUT2D eigenvalue weighted by Crippen LogP contribution is 2.15. The lowest BCUT2D eigenvalue weighted by atomic mass is 9.94. The fourth-order valence-electron chi connectivity index (χ4n) is 2.37. The molecule has 0 aliphatic carbocycles. The number of nitrogens with one attached hydrogen (secondary N) is 1. The van der Waals surface area contributed by atoms with Gasteiger partial charge in [0.2, 0.25) is 0 Å². The molecule has 4 heteroatoms. The van der Waals surface area contributed by atoms with Gasteiger partial charge in [-0.25, -0.2) is 0 Å². The van der Waals surface area contributed by atoms with Crippen LogP contribution in [0.1, 0.15) is 51.0 Å². The van der Waals surface area contributed by atoms with Crippen LogP contribution in [-0.2, 0) is 6.54 Å². The highest BCUT2D eigenvalue weighted by molar-refractivity contribution is 5.92. The fourth-order valence-corrected chi connectivity index (χ4v) is 2.37. The number of hydrogen-bond donors (Lipinski definition) is 2. The zero-order valence-electron chi connectivity index (χ0n) is 12.4. The zero-order chi connectivity index (χ0) is 14.5. The maximum Gasteiger partial charge on any atom is 0.268 e. The first-order chi connectivity index (χ1) is 8.85. The van der Waals surface area contributed by atoms with Crippen molar-refractivity contribution in [3.05, 3.63) is 24.0 Å². The normalized spacial score (nSPS) is 14.4. The van der Waals surface area contributed by atoms with E-state index in [0.717, 1.165) is 13.0 Å². The molecular weight excluding hydrogens is 240 g/mol. The molecule has 19 heavy (non-hydrogen) atoms. The number of amides is 1. The van der Waals surface area contributed by atoms with Gasteiger partial charge in [-0.3, -0.25) is 4.79 Å². The van der Waals surface area contributed by atoms with Gasteiger partial charge in [0.15, 0.2) is 0 Å². The van der Waals surface area contributed by atoms with E-state index in [9.17, 15) is 9.90 Å². The monoisotopic (exact) mass is 266 g/mol. The lowest BCUT2D eigenvalue weighted by Gasteiger charge is -2.25. The van der Waals surface area contributed by atoms with Crippen molar-refractivity contribution in [1.29, 1.82) is 0 Å². The third kappa shape index (κ3) is 5.07. The summed E-state index contributed by atoms with van der Waals surface area (Å²) in [7, 11) is 0. The summed E-state index contributed by atoms with van der Waals surface area (Å²) in [4.78, 5) is 12.1. The van der Waals surface area contributed by atoms with Crippen molar-refractivity contribution in [3.8, 4) is 0 Å². The van der Waals surface area contributed by atoms with Crippen LogP contribution in [0.25, 0.3) is 0 Å². The average molecular weight is 266 g/mol. The van der Waals surface area contributed by atoms with Crippen LogP contribution >= 0.6 is 0 Å². The molecule has 0 radical (unpaired) electrons. The summed E-state index contributed by atoms with van der Waals surface area (Å²) in [6.45, 7) is 9.07. The van der Waals surface area contributed by atoms with E-state index in [-0.39, 0.29) is 12.5 Å². The first-order valence-corrected chi connectivity index (χ1v) is 7.01. The molecule has 0 aromatic carbocycles. The number of aryl methyl sites for hydroxylation is 1. The fraction of sp³-hybridized carbons (Fsp3) is 0.667. The van der Waals surface area contributed by atoms with Crippen LogP contribution < -0.4 is 5.32 Å². The van der Waals surface area contributed by atoms with E-state index >= 15 is 0 Å². The summed E-state index contributed by atoms with van der Waals surface area (Å²) in [5.41, 5.74) is -0.200. The molecule has 0 spiro atoms. The largest absolute Gasteiger partial charge is 0.388 e. The molecule has 0 aliphatic heterocycles. The lowest BCUT2D eigenvalue weighted by Crippen LogP contribution is -2.42. The molecule has 1 aromatic rings. The van der Waals surface area contributed by atoms with Gasteiger partial charge in [0.05, 0.1) is 5.60 Å². The van der Waals surface area contributed by atoms with Gasteiger partial charge in [0.1, 0.15) is 5.69 Å². The molecule has 1 amide bonds.